The summed E-state index contributed by atoms with van der Waals surface area (Å²) in [6, 6.07) is 5.97. The highest BCUT2D eigenvalue weighted by Gasteiger charge is 2.26. The van der Waals surface area contributed by atoms with E-state index in [1.165, 1.54) is 6.42 Å². The highest BCUT2D eigenvalue weighted by Crippen LogP contribution is 2.31. The second-order valence-electron chi connectivity index (χ2n) is 5.26. The van der Waals surface area contributed by atoms with Crippen LogP contribution in [0.4, 0.5) is 11.7 Å². The molecular formula is C14H19N3O2. The Hall–Kier alpha value is -1.75. The number of aliphatic hydroxyl groups excluding tert-OH is 1. The smallest absolute Gasteiger partial charge is 0.295 e. The maximum atomic E-state index is 9.30. The number of hydrogen-bond acceptors (Lipinski definition) is 5. The molecule has 19 heavy (non-hydrogen) atoms. The van der Waals surface area contributed by atoms with Crippen molar-refractivity contribution >= 4 is 22.8 Å². The molecule has 1 aromatic carbocycles. The SMILES string of the molecule is Nc1ccc2nc(NCC3CCCC3CO)oc2c1. The van der Waals surface area contributed by atoms with E-state index >= 15 is 0 Å². The van der Waals surface area contributed by atoms with Crippen LogP contribution in [0.25, 0.3) is 11.1 Å². The van der Waals surface area contributed by atoms with Gasteiger partial charge in [0, 0.05) is 24.9 Å². The third-order valence-electron chi connectivity index (χ3n) is 3.98. The maximum Gasteiger partial charge on any atom is 0.295 e. The molecule has 0 aliphatic heterocycles. The minimum absolute atomic E-state index is 0.274. The number of rotatable bonds is 4. The number of nitrogens with two attached hydrogens (primary N) is 1. The molecule has 0 amide bonds. The number of anilines is 2. The van der Waals surface area contributed by atoms with Crippen LogP contribution in [-0.2, 0) is 0 Å². The van der Waals surface area contributed by atoms with Crippen molar-refractivity contribution in [2.75, 3.05) is 24.2 Å². The second kappa shape index (κ2) is 5.09. The van der Waals surface area contributed by atoms with E-state index in [9.17, 15) is 5.11 Å². The van der Waals surface area contributed by atoms with Crippen LogP contribution in [0.5, 0.6) is 0 Å². The van der Waals surface area contributed by atoms with Crippen molar-refractivity contribution in [2.45, 2.75) is 19.3 Å². The van der Waals surface area contributed by atoms with E-state index < -0.39 is 0 Å². The van der Waals surface area contributed by atoms with Gasteiger partial charge < -0.3 is 20.6 Å². The summed E-state index contributed by atoms with van der Waals surface area (Å²) in [6.07, 6.45) is 3.47. The van der Waals surface area contributed by atoms with E-state index in [1.54, 1.807) is 6.07 Å². The van der Waals surface area contributed by atoms with Crippen molar-refractivity contribution in [3.8, 4) is 0 Å². The van der Waals surface area contributed by atoms with Gasteiger partial charge in [0.25, 0.3) is 6.01 Å². The first kappa shape index (κ1) is 12.3. The van der Waals surface area contributed by atoms with Gasteiger partial charge in [0.15, 0.2) is 5.58 Å². The number of oxazole rings is 1. The Morgan fingerprint density at radius 3 is 3.05 bits per heavy atom. The maximum absolute atomic E-state index is 9.30. The number of benzene rings is 1. The van der Waals surface area contributed by atoms with Crippen LogP contribution in [0.1, 0.15) is 19.3 Å². The van der Waals surface area contributed by atoms with Crippen LogP contribution in [0.2, 0.25) is 0 Å². The molecule has 1 fully saturated rings. The minimum Gasteiger partial charge on any atom is -0.423 e. The minimum atomic E-state index is 0.274. The van der Waals surface area contributed by atoms with Gasteiger partial charge in [-0.1, -0.05) is 6.42 Å². The van der Waals surface area contributed by atoms with E-state index in [-0.39, 0.29) is 6.61 Å². The van der Waals surface area contributed by atoms with Gasteiger partial charge in [-0.15, -0.1) is 0 Å². The molecular weight excluding hydrogens is 242 g/mol. The fraction of sp³-hybridized carbons (Fsp3) is 0.500. The van der Waals surface area contributed by atoms with Crippen molar-refractivity contribution in [3.05, 3.63) is 18.2 Å². The lowest BCUT2D eigenvalue weighted by Gasteiger charge is -2.16. The number of nitrogens with one attached hydrogen (secondary N) is 1. The molecule has 0 bridgehead atoms. The van der Waals surface area contributed by atoms with Crippen molar-refractivity contribution in [1.82, 2.24) is 4.98 Å². The Morgan fingerprint density at radius 1 is 1.37 bits per heavy atom. The van der Waals surface area contributed by atoms with Crippen LogP contribution in [-0.4, -0.2) is 23.2 Å². The lowest BCUT2D eigenvalue weighted by molar-refractivity contribution is 0.198. The van der Waals surface area contributed by atoms with Gasteiger partial charge in [-0.3, -0.25) is 0 Å². The molecule has 0 saturated heterocycles. The first-order valence-electron chi connectivity index (χ1n) is 6.77. The Kier molecular flexibility index (Phi) is 3.29. The second-order valence-corrected chi connectivity index (χ2v) is 5.26. The van der Waals surface area contributed by atoms with Gasteiger partial charge >= 0.3 is 0 Å². The molecule has 2 unspecified atom stereocenters. The molecule has 1 saturated carbocycles. The topological polar surface area (TPSA) is 84.3 Å². The van der Waals surface area contributed by atoms with Crippen LogP contribution in [0.15, 0.2) is 22.6 Å². The summed E-state index contributed by atoms with van der Waals surface area (Å²) < 4.78 is 5.61. The predicted octanol–water partition coefficient (Wildman–Crippen LogP) is 2.23. The lowest BCUT2D eigenvalue weighted by Crippen LogP contribution is -2.20. The molecule has 1 aliphatic rings. The van der Waals surface area contributed by atoms with E-state index in [4.69, 9.17) is 10.2 Å². The monoisotopic (exact) mass is 261 g/mol. The zero-order valence-corrected chi connectivity index (χ0v) is 10.8. The Bertz CT molecular complexity index is 567. The van der Waals surface area contributed by atoms with Crippen molar-refractivity contribution in [1.29, 1.82) is 0 Å². The van der Waals surface area contributed by atoms with Crippen LogP contribution in [0, 0.1) is 11.8 Å². The zero-order chi connectivity index (χ0) is 13.2. The van der Waals surface area contributed by atoms with Gasteiger partial charge in [-0.05, 0) is 36.8 Å². The highest BCUT2D eigenvalue weighted by atomic mass is 16.4. The molecule has 2 atom stereocenters. The largest absolute Gasteiger partial charge is 0.423 e. The molecule has 1 heterocycles. The molecule has 5 nitrogen and oxygen atoms in total. The molecule has 102 valence electrons. The van der Waals surface area contributed by atoms with E-state index in [0.29, 0.717) is 29.1 Å². The summed E-state index contributed by atoms with van der Waals surface area (Å²) in [5, 5.41) is 12.5. The van der Waals surface area contributed by atoms with E-state index in [2.05, 4.69) is 10.3 Å². The van der Waals surface area contributed by atoms with Crippen molar-refractivity contribution in [3.63, 3.8) is 0 Å². The Balaban J connectivity index is 1.68. The standard InChI is InChI=1S/C14H19N3O2/c15-11-4-5-12-13(6-11)19-14(17-12)16-7-9-2-1-3-10(9)8-18/h4-6,9-10,18H,1-3,7-8,15H2,(H,16,17). The third-order valence-corrected chi connectivity index (χ3v) is 3.98. The number of nitrogens with zero attached hydrogens (tertiary/aromatic N) is 1. The molecule has 2 aromatic rings. The lowest BCUT2D eigenvalue weighted by atomic mass is 9.97. The fourth-order valence-electron chi connectivity index (χ4n) is 2.86. The number of aliphatic hydroxyl groups is 1. The quantitative estimate of drug-likeness (QED) is 0.735. The molecule has 5 heteroatoms. The molecule has 1 aromatic heterocycles. The first-order valence-corrected chi connectivity index (χ1v) is 6.77. The summed E-state index contributed by atoms with van der Waals surface area (Å²) in [6.45, 7) is 1.07. The van der Waals surface area contributed by atoms with E-state index in [0.717, 1.165) is 24.9 Å². The van der Waals surface area contributed by atoms with Gasteiger partial charge in [0.1, 0.15) is 5.52 Å². The number of hydrogen-bond donors (Lipinski definition) is 3. The average molecular weight is 261 g/mol. The summed E-state index contributed by atoms with van der Waals surface area (Å²) in [5.74, 6) is 0.914. The normalized spacial score (nSPS) is 23.0. The van der Waals surface area contributed by atoms with Crippen LogP contribution < -0.4 is 11.1 Å². The molecule has 3 rings (SSSR count). The van der Waals surface area contributed by atoms with Gasteiger partial charge in [0.05, 0.1) is 0 Å². The van der Waals surface area contributed by atoms with Crippen molar-refractivity contribution < 1.29 is 9.52 Å². The average Bonchev–Trinajstić information content (AvgIpc) is 3.01. The molecule has 0 spiro atoms. The van der Waals surface area contributed by atoms with Gasteiger partial charge in [-0.2, -0.15) is 4.98 Å². The number of aromatic nitrogens is 1. The molecule has 1 aliphatic carbocycles. The predicted molar refractivity (Wildman–Crippen MR) is 74.8 cm³/mol. The summed E-state index contributed by atoms with van der Waals surface area (Å²) in [7, 11) is 0. The van der Waals surface area contributed by atoms with Crippen LogP contribution in [0.3, 0.4) is 0 Å². The first-order chi connectivity index (χ1) is 9.26. The molecule has 0 radical (unpaired) electrons. The Morgan fingerprint density at radius 2 is 2.21 bits per heavy atom. The molecule has 4 N–H and O–H groups in total. The van der Waals surface area contributed by atoms with Crippen molar-refractivity contribution in [2.24, 2.45) is 11.8 Å². The van der Waals surface area contributed by atoms with Gasteiger partial charge in [0.2, 0.25) is 0 Å². The Labute approximate surface area is 111 Å². The van der Waals surface area contributed by atoms with E-state index in [1.807, 2.05) is 12.1 Å². The summed E-state index contributed by atoms with van der Waals surface area (Å²) in [5.41, 5.74) is 7.89. The summed E-state index contributed by atoms with van der Waals surface area (Å²) >= 11 is 0. The van der Waals surface area contributed by atoms with Crippen LogP contribution >= 0.6 is 0 Å². The number of fused-ring (bicyclic) bond motifs is 1. The fourth-order valence-corrected chi connectivity index (χ4v) is 2.86. The number of nitrogen functional groups attached to an aromatic ring is 1. The third kappa shape index (κ3) is 2.51. The zero-order valence-electron chi connectivity index (χ0n) is 10.8. The highest BCUT2D eigenvalue weighted by molar-refractivity contribution is 5.78. The summed E-state index contributed by atoms with van der Waals surface area (Å²) in [4.78, 5) is 4.37. The van der Waals surface area contributed by atoms with Gasteiger partial charge in [-0.25, -0.2) is 0 Å².